The predicted molar refractivity (Wildman–Crippen MR) is 95.9 cm³/mol. The first-order chi connectivity index (χ1) is 12.0. The molecule has 0 bridgehead atoms. The minimum atomic E-state index is -3.65. The van der Waals surface area contributed by atoms with Gasteiger partial charge in [-0.25, -0.2) is 12.4 Å². The van der Waals surface area contributed by atoms with Crippen molar-refractivity contribution in [1.82, 2.24) is 3.97 Å². The number of benzene rings is 2. The topological polar surface area (TPSA) is 65.4 Å². The molecule has 5 nitrogen and oxygen atoms in total. The average molecular weight is 357 g/mol. The molecule has 0 aliphatic heterocycles. The fraction of sp³-hybridized carbons (Fsp3) is 0.211. The lowest BCUT2D eigenvalue weighted by molar-refractivity contribution is -0.143. The van der Waals surface area contributed by atoms with E-state index in [1.54, 1.807) is 61.7 Å². The highest BCUT2D eigenvalue weighted by molar-refractivity contribution is 7.90. The molecule has 0 saturated heterocycles. The van der Waals surface area contributed by atoms with Crippen LogP contribution in [0.5, 0.6) is 0 Å². The van der Waals surface area contributed by atoms with Crippen molar-refractivity contribution in [3.63, 3.8) is 0 Å². The normalized spacial score (nSPS) is 11.6. The fourth-order valence-corrected chi connectivity index (χ4v) is 4.18. The molecule has 3 rings (SSSR count). The first-order valence-corrected chi connectivity index (χ1v) is 9.53. The lowest BCUT2D eigenvalue weighted by Gasteiger charge is -2.09. The molecule has 2 aromatic carbocycles. The van der Waals surface area contributed by atoms with Gasteiger partial charge >= 0.3 is 5.97 Å². The largest absolute Gasteiger partial charge is 0.466 e. The van der Waals surface area contributed by atoms with Crippen LogP contribution in [0.4, 0.5) is 0 Å². The summed E-state index contributed by atoms with van der Waals surface area (Å²) in [5.41, 5.74) is 1.53. The van der Waals surface area contributed by atoms with Gasteiger partial charge in [-0.2, -0.15) is 0 Å². The lowest BCUT2D eigenvalue weighted by Crippen LogP contribution is -2.11. The number of esters is 1. The molecule has 3 aromatic rings. The third-order valence-corrected chi connectivity index (χ3v) is 5.70. The number of hydrogen-bond donors (Lipinski definition) is 0. The molecule has 6 heteroatoms. The molecular weight excluding hydrogens is 338 g/mol. The zero-order valence-corrected chi connectivity index (χ0v) is 14.7. The highest BCUT2D eigenvalue weighted by atomic mass is 32.2. The van der Waals surface area contributed by atoms with Gasteiger partial charge in [-0.05, 0) is 43.2 Å². The maximum absolute atomic E-state index is 12.9. The predicted octanol–water partition coefficient (Wildman–Crippen LogP) is 3.37. The molecule has 0 aliphatic carbocycles. The number of fused-ring (bicyclic) bond motifs is 1. The van der Waals surface area contributed by atoms with Gasteiger partial charge in [-0.15, -0.1) is 0 Å². The van der Waals surface area contributed by atoms with Crippen LogP contribution in [0.25, 0.3) is 10.9 Å². The van der Waals surface area contributed by atoms with Crippen LogP contribution < -0.4 is 0 Å². The number of ether oxygens (including phenoxy) is 1. The number of aryl methyl sites for hydroxylation is 1. The van der Waals surface area contributed by atoms with Crippen molar-refractivity contribution in [3.8, 4) is 0 Å². The molecule has 25 heavy (non-hydrogen) atoms. The van der Waals surface area contributed by atoms with Crippen LogP contribution in [-0.4, -0.2) is 25.0 Å². The van der Waals surface area contributed by atoms with E-state index in [9.17, 15) is 13.2 Å². The van der Waals surface area contributed by atoms with Crippen molar-refractivity contribution < 1.29 is 17.9 Å². The Morgan fingerprint density at radius 2 is 1.80 bits per heavy atom. The van der Waals surface area contributed by atoms with E-state index in [2.05, 4.69) is 0 Å². The third kappa shape index (κ3) is 3.44. The minimum Gasteiger partial charge on any atom is -0.466 e. The van der Waals surface area contributed by atoms with Gasteiger partial charge in [0.25, 0.3) is 10.0 Å². The smallest absolute Gasteiger partial charge is 0.306 e. The van der Waals surface area contributed by atoms with Crippen LogP contribution in [0.15, 0.2) is 65.7 Å². The first-order valence-electron chi connectivity index (χ1n) is 8.09. The van der Waals surface area contributed by atoms with Gasteiger partial charge in [-0.3, -0.25) is 4.79 Å². The van der Waals surface area contributed by atoms with Gasteiger partial charge in [0.2, 0.25) is 0 Å². The summed E-state index contributed by atoms with van der Waals surface area (Å²) in [4.78, 5) is 11.8. The van der Waals surface area contributed by atoms with Crippen molar-refractivity contribution in [2.75, 3.05) is 6.61 Å². The summed E-state index contributed by atoms with van der Waals surface area (Å²) in [5.74, 6) is -0.254. The first kappa shape index (κ1) is 17.2. The van der Waals surface area contributed by atoms with Crippen molar-refractivity contribution >= 4 is 26.9 Å². The zero-order valence-electron chi connectivity index (χ0n) is 13.9. The van der Waals surface area contributed by atoms with Crippen molar-refractivity contribution in [2.24, 2.45) is 0 Å². The molecule has 0 radical (unpaired) electrons. The Hall–Kier alpha value is -2.60. The number of hydrogen-bond acceptors (Lipinski definition) is 4. The molecule has 0 unspecified atom stereocenters. The average Bonchev–Trinajstić information content (AvgIpc) is 3.06. The van der Waals surface area contributed by atoms with E-state index in [-0.39, 0.29) is 17.3 Å². The molecule has 0 spiro atoms. The monoisotopic (exact) mass is 357 g/mol. The summed E-state index contributed by atoms with van der Waals surface area (Å²) >= 11 is 0. The van der Waals surface area contributed by atoms with Gasteiger partial charge in [0.05, 0.1) is 17.0 Å². The van der Waals surface area contributed by atoms with Crippen molar-refractivity contribution in [2.45, 2.75) is 24.7 Å². The number of carbonyl (C=O) groups is 1. The van der Waals surface area contributed by atoms with Crippen LogP contribution in [0.1, 0.15) is 18.9 Å². The second kappa shape index (κ2) is 7.11. The maximum Gasteiger partial charge on any atom is 0.306 e. The molecule has 0 N–H and O–H groups in total. The van der Waals surface area contributed by atoms with Gasteiger partial charge in [-0.1, -0.05) is 30.3 Å². The van der Waals surface area contributed by atoms with Gasteiger partial charge in [0.1, 0.15) is 0 Å². The Kier molecular flexibility index (Phi) is 4.90. The van der Waals surface area contributed by atoms with E-state index < -0.39 is 10.0 Å². The summed E-state index contributed by atoms with van der Waals surface area (Å²) in [6.07, 6.45) is 2.33. The lowest BCUT2D eigenvalue weighted by atomic mass is 10.1. The molecular formula is C19H19NO4S. The molecule has 0 saturated carbocycles. The molecule has 1 aromatic heterocycles. The Balaban J connectivity index is 1.98. The summed E-state index contributed by atoms with van der Waals surface area (Å²) in [6.45, 7) is 2.13. The zero-order chi connectivity index (χ0) is 17.9. The summed E-state index contributed by atoms with van der Waals surface area (Å²) in [7, 11) is -3.65. The Labute approximate surface area is 146 Å². The molecule has 0 aliphatic rings. The number of nitrogens with zero attached hydrogens (tertiary/aromatic N) is 1. The van der Waals surface area contributed by atoms with Crippen LogP contribution >= 0.6 is 0 Å². The minimum absolute atomic E-state index is 0.240. The molecule has 0 fully saturated rings. The van der Waals surface area contributed by atoms with E-state index in [1.807, 2.05) is 6.07 Å². The Bertz CT molecular complexity index is 991. The Morgan fingerprint density at radius 3 is 2.52 bits per heavy atom. The highest BCUT2D eigenvalue weighted by Crippen LogP contribution is 2.25. The van der Waals surface area contributed by atoms with Crippen LogP contribution in [0.2, 0.25) is 0 Å². The second-order valence-corrected chi connectivity index (χ2v) is 7.40. The van der Waals surface area contributed by atoms with Crippen LogP contribution in [-0.2, 0) is 26.0 Å². The molecule has 0 atom stereocenters. The molecule has 1 heterocycles. The summed E-state index contributed by atoms with van der Waals surface area (Å²) < 4.78 is 32.0. The maximum atomic E-state index is 12.9. The second-order valence-electron chi connectivity index (χ2n) is 5.58. The van der Waals surface area contributed by atoms with E-state index in [1.165, 1.54) is 3.97 Å². The SMILES string of the molecule is CCOC(=O)CCc1cccc2c1ccn2S(=O)(=O)c1ccccc1. The highest BCUT2D eigenvalue weighted by Gasteiger charge is 2.19. The van der Waals surface area contributed by atoms with Crippen LogP contribution in [0, 0.1) is 0 Å². The summed E-state index contributed by atoms with van der Waals surface area (Å²) in [5, 5.41) is 0.825. The number of carbonyl (C=O) groups excluding carboxylic acids is 1. The third-order valence-electron chi connectivity index (χ3n) is 3.99. The van der Waals surface area contributed by atoms with E-state index in [0.29, 0.717) is 18.5 Å². The fourth-order valence-electron chi connectivity index (χ4n) is 2.81. The molecule has 130 valence electrons. The number of aromatic nitrogens is 1. The number of rotatable bonds is 6. The van der Waals surface area contributed by atoms with Crippen molar-refractivity contribution in [3.05, 3.63) is 66.4 Å². The van der Waals surface area contributed by atoms with Gasteiger partial charge in [0.15, 0.2) is 0 Å². The Morgan fingerprint density at radius 1 is 1.04 bits per heavy atom. The standard InChI is InChI=1S/C19H19NO4S/c1-2-24-19(21)12-11-15-7-6-10-18-17(15)13-14-20(18)25(22,23)16-8-4-3-5-9-16/h3-10,13-14H,2,11-12H2,1H3. The van der Waals surface area contributed by atoms with E-state index in [0.717, 1.165) is 10.9 Å². The quantitative estimate of drug-likeness (QED) is 0.635. The molecule has 0 amide bonds. The van der Waals surface area contributed by atoms with Crippen molar-refractivity contribution in [1.29, 1.82) is 0 Å². The summed E-state index contributed by atoms with van der Waals surface area (Å²) in [6, 6.07) is 15.6. The van der Waals surface area contributed by atoms with Crippen LogP contribution in [0.3, 0.4) is 0 Å². The van der Waals surface area contributed by atoms with E-state index in [4.69, 9.17) is 4.74 Å². The van der Waals surface area contributed by atoms with Gasteiger partial charge in [0, 0.05) is 18.0 Å². The van der Waals surface area contributed by atoms with Gasteiger partial charge < -0.3 is 4.74 Å². The van der Waals surface area contributed by atoms with E-state index >= 15 is 0 Å².